The monoisotopic (exact) mass is 434 g/mol. The molecule has 3 aromatic rings. The fourth-order valence-corrected chi connectivity index (χ4v) is 3.70. The number of carbonyl (C=O) groups excluding carboxylic acids is 2. The number of para-hydroxylation sites is 1. The molecule has 0 unspecified atom stereocenters. The molecule has 7 heteroatoms. The largest absolute Gasteiger partial charge is 0.333 e. The van der Waals surface area contributed by atoms with E-state index in [1.54, 1.807) is 36.4 Å². The molecule has 31 heavy (non-hydrogen) atoms. The molecule has 0 saturated heterocycles. The van der Waals surface area contributed by atoms with E-state index in [0.717, 1.165) is 16.7 Å². The second-order valence-electron chi connectivity index (χ2n) is 7.03. The number of carbonyl (C=O) groups is 2. The van der Waals surface area contributed by atoms with Crippen molar-refractivity contribution < 1.29 is 18.0 Å². The van der Waals surface area contributed by atoms with Crippen molar-refractivity contribution in [2.75, 3.05) is 5.32 Å². The molecule has 2 N–H and O–H groups in total. The molecule has 2 amide bonds. The quantitative estimate of drug-likeness (QED) is 0.434. The van der Waals surface area contributed by atoms with E-state index in [-0.39, 0.29) is 21.9 Å². The Morgan fingerprint density at radius 3 is 2.03 bits per heavy atom. The van der Waals surface area contributed by atoms with E-state index >= 15 is 0 Å². The van der Waals surface area contributed by atoms with E-state index in [4.69, 9.17) is 0 Å². The molecular formula is C24H22N2O4S. The third-order valence-corrected chi connectivity index (χ3v) is 5.85. The number of hydrogen-bond donors (Lipinski definition) is 2. The van der Waals surface area contributed by atoms with Crippen molar-refractivity contribution in [2.45, 2.75) is 18.7 Å². The highest BCUT2D eigenvalue weighted by Crippen LogP contribution is 2.18. The Hall–Kier alpha value is -3.71. The Balaban J connectivity index is 1.73. The van der Waals surface area contributed by atoms with E-state index in [1.165, 1.54) is 24.3 Å². The fourth-order valence-electron chi connectivity index (χ4n) is 2.79. The van der Waals surface area contributed by atoms with E-state index < -0.39 is 16.1 Å². The van der Waals surface area contributed by atoms with E-state index in [9.17, 15) is 18.0 Å². The van der Waals surface area contributed by atoms with Gasteiger partial charge >= 0.3 is 6.03 Å². The molecule has 3 rings (SSSR count). The van der Waals surface area contributed by atoms with Gasteiger partial charge in [0.25, 0.3) is 10.0 Å². The number of urea groups is 1. The highest BCUT2D eigenvalue weighted by molar-refractivity contribution is 7.90. The van der Waals surface area contributed by atoms with E-state index in [1.807, 2.05) is 42.8 Å². The summed E-state index contributed by atoms with van der Waals surface area (Å²) in [6, 6.07) is 19.2. The van der Waals surface area contributed by atoms with Crippen LogP contribution in [-0.4, -0.2) is 20.2 Å². The van der Waals surface area contributed by atoms with E-state index in [2.05, 4.69) is 5.32 Å². The second kappa shape index (κ2) is 9.40. The molecule has 0 aliphatic heterocycles. The van der Waals surface area contributed by atoms with Crippen molar-refractivity contribution in [2.24, 2.45) is 0 Å². The maximum absolute atomic E-state index is 12.6. The van der Waals surface area contributed by atoms with Gasteiger partial charge in [-0.2, -0.15) is 0 Å². The van der Waals surface area contributed by atoms with Crippen LogP contribution >= 0.6 is 0 Å². The molecule has 0 aliphatic carbocycles. The van der Waals surface area contributed by atoms with Gasteiger partial charge in [-0.25, -0.2) is 17.9 Å². The lowest BCUT2D eigenvalue weighted by Crippen LogP contribution is -2.34. The maximum atomic E-state index is 12.6. The predicted molar refractivity (Wildman–Crippen MR) is 122 cm³/mol. The Morgan fingerprint density at radius 1 is 0.806 bits per heavy atom. The number of aryl methyl sites for hydroxylation is 2. The van der Waals surface area contributed by atoms with Crippen molar-refractivity contribution in [3.63, 3.8) is 0 Å². The summed E-state index contributed by atoms with van der Waals surface area (Å²) >= 11 is 0. The number of amides is 2. The van der Waals surface area contributed by atoms with Crippen molar-refractivity contribution in [1.82, 2.24) is 4.72 Å². The summed E-state index contributed by atoms with van der Waals surface area (Å²) in [5.74, 6) is -0.321. The first-order valence-corrected chi connectivity index (χ1v) is 11.0. The topological polar surface area (TPSA) is 92.3 Å². The molecule has 0 saturated carbocycles. The van der Waals surface area contributed by atoms with Crippen LogP contribution < -0.4 is 10.0 Å². The first kappa shape index (κ1) is 22.0. The third kappa shape index (κ3) is 5.90. The second-order valence-corrected chi connectivity index (χ2v) is 8.71. The van der Waals surface area contributed by atoms with Gasteiger partial charge in [-0.1, -0.05) is 65.7 Å². The van der Waals surface area contributed by atoms with Gasteiger partial charge in [-0.05, 0) is 49.8 Å². The molecule has 6 nitrogen and oxygen atoms in total. The molecule has 0 spiro atoms. The Labute approximate surface area is 181 Å². The van der Waals surface area contributed by atoms with E-state index in [0.29, 0.717) is 0 Å². The number of benzene rings is 3. The average molecular weight is 435 g/mol. The number of sulfonamides is 1. The van der Waals surface area contributed by atoms with Crippen molar-refractivity contribution in [3.8, 4) is 0 Å². The molecular weight excluding hydrogens is 412 g/mol. The van der Waals surface area contributed by atoms with Gasteiger partial charge < -0.3 is 5.32 Å². The standard InChI is InChI=1S/C24H22N2O4S/c1-17-7-11-19(12-8-17)13-16-23(27)21-5-3-4-6-22(21)25-24(28)26-31(29,30)20-14-9-18(2)10-15-20/h3-16H,1-2H3,(H2,25,26,28)/b16-13+. The summed E-state index contributed by atoms with van der Waals surface area (Å²) in [5.41, 5.74) is 3.33. The molecule has 0 atom stereocenters. The van der Waals surface area contributed by atoms with Gasteiger partial charge in [0.2, 0.25) is 0 Å². The van der Waals surface area contributed by atoms with Gasteiger partial charge in [0.05, 0.1) is 10.6 Å². The number of allylic oxidation sites excluding steroid dienone is 1. The van der Waals surface area contributed by atoms with Crippen LogP contribution in [0.1, 0.15) is 27.0 Å². The summed E-state index contributed by atoms with van der Waals surface area (Å²) in [5, 5.41) is 2.45. The molecule has 0 fully saturated rings. The maximum Gasteiger partial charge on any atom is 0.333 e. The average Bonchev–Trinajstić information content (AvgIpc) is 2.73. The first-order chi connectivity index (χ1) is 14.7. The zero-order chi connectivity index (χ0) is 22.4. The van der Waals surface area contributed by atoms with Crippen LogP contribution in [-0.2, 0) is 10.0 Å². The van der Waals surface area contributed by atoms with Crippen LogP contribution in [0.25, 0.3) is 6.08 Å². The molecule has 0 bridgehead atoms. The first-order valence-electron chi connectivity index (χ1n) is 9.53. The van der Waals surface area contributed by atoms with Crippen LogP contribution in [0.2, 0.25) is 0 Å². The molecule has 0 aliphatic rings. The highest BCUT2D eigenvalue weighted by atomic mass is 32.2. The zero-order valence-corrected chi connectivity index (χ0v) is 17.9. The number of ketones is 1. The Kier molecular flexibility index (Phi) is 6.67. The number of hydrogen-bond acceptors (Lipinski definition) is 4. The smallest absolute Gasteiger partial charge is 0.306 e. The summed E-state index contributed by atoms with van der Waals surface area (Å²) in [7, 11) is -4.04. The summed E-state index contributed by atoms with van der Waals surface area (Å²) in [6.45, 7) is 3.81. The lowest BCUT2D eigenvalue weighted by Gasteiger charge is -2.11. The van der Waals surface area contributed by atoms with Crippen LogP contribution in [0.5, 0.6) is 0 Å². The third-order valence-electron chi connectivity index (χ3n) is 4.50. The Bertz CT molecular complexity index is 1230. The fraction of sp³-hybridized carbons (Fsp3) is 0.0833. The van der Waals surface area contributed by atoms with Crippen LogP contribution in [0.15, 0.2) is 83.8 Å². The van der Waals surface area contributed by atoms with Crippen molar-refractivity contribution in [1.29, 1.82) is 0 Å². The number of nitrogens with one attached hydrogen (secondary N) is 2. The minimum absolute atomic E-state index is 0.0290. The van der Waals surface area contributed by atoms with Crippen molar-refractivity contribution >= 4 is 33.6 Å². The Morgan fingerprint density at radius 2 is 1.39 bits per heavy atom. The highest BCUT2D eigenvalue weighted by Gasteiger charge is 2.19. The summed E-state index contributed by atoms with van der Waals surface area (Å²) in [6.07, 6.45) is 3.09. The lowest BCUT2D eigenvalue weighted by atomic mass is 10.1. The minimum Gasteiger partial charge on any atom is -0.306 e. The number of rotatable bonds is 6. The van der Waals surface area contributed by atoms with Crippen molar-refractivity contribution in [3.05, 3.63) is 101 Å². The SMILES string of the molecule is Cc1ccc(/C=C/C(=O)c2ccccc2NC(=O)NS(=O)(=O)c2ccc(C)cc2)cc1. The molecule has 3 aromatic carbocycles. The molecule has 0 radical (unpaired) electrons. The lowest BCUT2D eigenvalue weighted by molar-refractivity contribution is 0.104. The van der Waals surface area contributed by atoms with Gasteiger partial charge in [0.15, 0.2) is 5.78 Å². The van der Waals surface area contributed by atoms with Gasteiger partial charge in [-0.3, -0.25) is 4.79 Å². The number of anilines is 1. The molecule has 158 valence electrons. The molecule has 0 heterocycles. The predicted octanol–water partition coefficient (Wildman–Crippen LogP) is 4.71. The van der Waals surface area contributed by atoms with Gasteiger partial charge in [0.1, 0.15) is 0 Å². The van der Waals surface area contributed by atoms with Crippen LogP contribution in [0.3, 0.4) is 0 Å². The van der Waals surface area contributed by atoms with Crippen LogP contribution in [0, 0.1) is 13.8 Å². The summed E-state index contributed by atoms with van der Waals surface area (Å²) < 4.78 is 26.8. The zero-order valence-electron chi connectivity index (χ0n) is 17.1. The van der Waals surface area contributed by atoms with Gasteiger partial charge in [-0.15, -0.1) is 0 Å². The summed E-state index contributed by atoms with van der Waals surface area (Å²) in [4.78, 5) is 24.9. The minimum atomic E-state index is -4.04. The van der Waals surface area contributed by atoms with Crippen LogP contribution in [0.4, 0.5) is 10.5 Å². The molecule has 0 aromatic heterocycles. The normalized spacial score (nSPS) is 11.3. The van der Waals surface area contributed by atoms with Gasteiger partial charge in [0, 0.05) is 5.56 Å².